The van der Waals surface area contributed by atoms with Crippen LogP contribution in [0.1, 0.15) is 45.4 Å². The summed E-state index contributed by atoms with van der Waals surface area (Å²) in [7, 11) is 0. The van der Waals surface area contributed by atoms with Crippen LogP contribution in [-0.2, 0) is 4.79 Å². The summed E-state index contributed by atoms with van der Waals surface area (Å²) in [5.41, 5.74) is 0. The predicted molar refractivity (Wildman–Crippen MR) is 73.9 cm³/mol. The number of carboxylic acids is 1. The molecule has 0 heterocycles. The fourth-order valence-electron chi connectivity index (χ4n) is 2.56. The van der Waals surface area contributed by atoms with Crippen molar-refractivity contribution in [2.75, 3.05) is 0 Å². The lowest BCUT2D eigenvalue weighted by molar-refractivity contribution is -0.141. The Bertz CT molecular complexity index is 325. The van der Waals surface area contributed by atoms with Gasteiger partial charge in [-0.15, -0.1) is 6.58 Å². The van der Waals surface area contributed by atoms with E-state index >= 15 is 0 Å². The maximum atomic E-state index is 11.8. The van der Waals surface area contributed by atoms with E-state index in [2.05, 4.69) is 17.2 Å². The van der Waals surface area contributed by atoms with E-state index in [9.17, 15) is 14.7 Å². The van der Waals surface area contributed by atoms with Crippen molar-refractivity contribution >= 4 is 12.0 Å². The largest absolute Gasteiger partial charge is 0.480 e. The molecule has 2 amide bonds. The van der Waals surface area contributed by atoms with Gasteiger partial charge in [-0.2, -0.15) is 0 Å². The first-order chi connectivity index (χ1) is 9.04. The number of nitrogens with one attached hydrogen (secondary N) is 2. The van der Waals surface area contributed by atoms with Crippen LogP contribution < -0.4 is 10.6 Å². The summed E-state index contributed by atoms with van der Waals surface area (Å²) < 4.78 is 0. The number of hydrogen-bond acceptors (Lipinski definition) is 2. The summed E-state index contributed by atoms with van der Waals surface area (Å²) in [5, 5.41) is 14.6. The van der Waals surface area contributed by atoms with Crippen molar-refractivity contribution in [3.8, 4) is 0 Å². The van der Waals surface area contributed by atoms with Crippen LogP contribution in [0.4, 0.5) is 4.79 Å². The molecule has 0 aliphatic heterocycles. The van der Waals surface area contributed by atoms with E-state index < -0.39 is 18.0 Å². The molecule has 5 nitrogen and oxygen atoms in total. The lowest BCUT2D eigenvalue weighted by atomic mass is 9.84. The Labute approximate surface area is 114 Å². The van der Waals surface area contributed by atoms with Crippen molar-refractivity contribution in [2.45, 2.75) is 57.5 Å². The highest BCUT2D eigenvalue weighted by Gasteiger charge is 2.30. The molecule has 2 unspecified atom stereocenters. The van der Waals surface area contributed by atoms with E-state index in [1.54, 1.807) is 6.08 Å². The highest BCUT2D eigenvalue weighted by molar-refractivity contribution is 5.82. The van der Waals surface area contributed by atoms with E-state index in [0.29, 0.717) is 6.42 Å². The van der Waals surface area contributed by atoms with Crippen molar-refractivity contribution < 1.29 is 14.7 Å². The first kappa shape index (κ1) is 15.5. The number of rotatable bonds is 6. The molecule has 0 aromatic heterocycles. The number of hydrogen-bond donors (Lipinski definition) is 3. The average molecular weight is 268 g/mol. The Balaban J connectivity index is 2.50. The lowest BCUT2D eigenvalue weighted by Gasteiger charge is -2.28. The molecule has 1 aliphatic rings. The van der Waals surface area contributed by atoms with Gasteiger partial charge in [0.2, 0.25) is 0 Å². The summed E-state index contributed by atoms with van der Waals surface area (Å²) in [6.45, 7) is 5.46. The fourth-order valence-corrected chi connectivity index (χ4v) is 2.56. The maximum absolute atomic E-state index is 11.8. The Hall–Kier alpha value is -1.52. The van der Waals surface area contributed by atoms with Gasteiger partial charge in [0, 0.05) is 6.04 Å². The van der Waals surface area contributed by atoms with Gasteiger partial charge in [0.1, 0.15) is 6.04 Å². The summed E-state index contributed by atoms with van der Waals surface area (Å²) in [4.78, 5) is 23.1. The zero-order chi connectivity index (χ0) is 14.3. The molecule has 1 rings (SSSR count). The Morgan fingerprint density at radius 2 is 1.95 bits per heavy atom. The quantitative estimate of drug-likeness (QED) is 0.647. The van der Waals surface area contributed by atoms with Gasteiger partial charge in [-0.1, -0.05) is 25.3 Å². The lowest BCUT2D eigenvalue weighted by Crippen LogP contribution is -2.51. The van der Waals surface area contributed by atoms with Crippen LogP contribution in [0.25, 0.3) is 0 Å². The monoisotopic (exact) mass is 268 g/mol. The van der Waals surface area contributed by atoms with Crippen molar-refractivity contribution in [1.29, 1.82) is 0 Å². The van der Waals surface area contributed by atoms with Crippen molar-refractivity contribution in [1.82, 2.24) is 10.6 Å². The molecule has 0 bridgehead atoms. The summed E-state index contributed by atoms with van der Waals surface area (Å²) in [5.74, 6) is -0.898. The Morgan fingerprint density at radius 1 is 1.32 bits per heavy atom. The predicted octanol–water partition coefficient (Wildman–Crippen LogP) is 2.28. The van der Waals surface area contributed by atoms with Crippen LogP contribution in [-0.4, -0.2) is 29.2 Å². The Morgan fingerprint density at radius 3 is 2.47 bits per heavy atom. The normalized spacial score (nSPS) is 19.2. The van der Waals surface area contributed by atoms with E-state index in [1.807, 2.05) is 6.92 Å². The molecular formula is C14H24N2O3. The molecule has 108 valence electrons. The Kier molecular flexibility index (Phi) is 6.39. The molecule has 1 fully saturated rings. The second-order valence-electron chi connectivity index (χ2n) is 5.26. The summed E-state index contributed by atoms with van der Waals surface area (Å²) in [6, 6.07) is -1.23. The van der Waals surface area contributed by atoms with Crippen LogP contribution in [0.3, 0.4) is 0 Å². The maximum Gasteiger partial charge on any atom is 0.326 e. The zero-order valence-electron chi connectivity index (χ0n) is 11.5. The van der Waals surface area contributed by atoms with E-state index in [0.717, 1.165) is 32.1 Å². The van der Waals surface area contributed by atoms with Gasteiger partial charge in [0.05, 0.1) is 0 Å². The molecule has 0 aromatic rings. The highest BCUT2D eigenvalue weighted by atomic mass is 16.4. The van der Waals surface area contributed by atoms with Crippen molar-refractivity contribution in [3.05, 3.63) is 12.7 Å². The van der Waals surface area contributed by atoms with Crippen molar-refractivity contribution in [3.63, 3.8) is 0 Å². The highest BCUT2D eigenvalue weighted by Crippen LogP contribution is 2.26. The molecule has 0 spiro atoms. The number of aliphatic carboxylic acids is 1. The molecule has 1 saturated carbocycles. The minimum atomic E-state index is -0.946. The molecular weight excluding hydrogens is 244 g/mol. The van der Waals surface area contributed by atoms with E-state index in [4.69, 9.17) is 0 Å². The zero-order valence-corrected chi connectivity index (χ0v) is 11.5. The van der Waals surface area contributed by atoms with Crippen LogP contribution in [0.5, 0.6) is 0 Å². The first-order valence-corrected chi connectivity index (χ1v) is 6.95. The molecule has 0 aromatic carbocycles. The number of carboxylic acid groups (broad SMARTS) is 1. The van der Waals surface area contributed by atoms with Gasteiger partial charge in [-0.3, -0.25) is 0 Å². The SMILES string of the molecule is C=CCC(C)NC(=O)NC(C(=O)O)C1CCCCC1. The van der Waals surface area contributed by atoms with Gasteiger partial charge < -0.3 is 15.7 Å². The second kappa shape index (κ2) is 7.81. The van der Waals surface area contributed by atoms with E-state index in [-0.39, 0.29) is 12.0 Å². The first-order valence-electron chi connectivity index (χ1n) is 6.95. The van der Waals surface area contributed by atoms with Gasteiger partial charge in [0.25, 0.3) is 0 Å². The third-order valence-electron chi connectivity index (χ3n) is 3.57. The molecule has 2 atom stereocenters. The summed E-state index contributed by atoms with van der Waals surface area (Å²) in [6.07, 6.45) is 7.38. The van der Waals surface area contributed by atoms with E-state index in [1.165, 1.54) is 0 Å². The standard InChI is InChI=1S/C14H24N2O3/c1-3-7-10(2)15-14(19)16-12(13(17)18)11-8-5-4-6-9-11/h3,10-12H,1,4-9H2,2H3,(H,17,18)(H2,15,16,19). The third-order valence-corrected chi connectivity index (χ3v) is 3.57. The minimum Gasteiger partial charge on any atom is -0.480 e. The number of carbonyl (C=O) groups is 2. The van der Waals surface area contributed by atoms with Gasteiger partial charge in [0.15, 0.2) is 0 Å². The fraction of sp³-hybridized carbons (Fsp3) is 0.714. The molecule has 5 heteroatoms. The number of urea groups is 1. The third kappa shape index (κ3) is 5.32. The average Bonchev–Trinajstić information content (AvgIpc) is 2.37. The van der Waals surface area contributed by atoms with Gasteiger partial charge >= 0.3 is 12.0 Å². The van der Waals surface area contributed by atoms with Crippen molar-refractivity contribution in [2.24, 2.45) is 5.92 Å². The number of amides is 2. The topological polar surface area (TPSA) is 78.4 Å². The van der Waals surface area contributed by atoms with Gasteiger partial charge in [-0.25, -0.2) is 9.59 Å². The van der Waals surface area contributed by atoms with Gasteiger partial charge in [-0.05, 0) is 32.1 Å². The smallest absolute Gasteiger partial charge is 0.326 e. The molecule has 19 heavy (non-hydrogen) atoms. The van der Waals surface area contributed by atoms with Crippen LogP contribution in [0.2, 0.25) is 0 Å². The minimum absolute atomic E-state index is 0.0432. The molecule has 0 saturated heterocycles. The van der Waals surface area contributed by atoms with Crippen LogP contribution in [0, 0.1) is 5.92 Å². The molecule has 3 N–H and O–H groups in total. The van der Waals surface area contributed by atoms with Crippen LogP contribution in [0.15, 0.2) is 12.7 Å². The number of carbonyl (C=O) groups excluding carboxylic acids is 1. The molecule has 0 radical (unpaired) electrons. The molecule has 1 aliphatic carbocycles. The summed E-state index contributed by atoms with van der Waals surface area (Å²) >= 11 is 0. The second-order valence-corrected chi connectivity index (χ2v) is 5.26. The van der Waals surface area contributed by atoms with Crippen LogP contribution >= 0.6 is 0 Å².